The highest BCUT2D eigenvalue weighted by Gasteiger charge is 2.15. The maximum Gasteiger partial charge on any atom is 0.283 e. The van der Waals surface area contributed by atoms with Crippen molar-refractivity contribution in [3.05, 3.63) is 64.2 Å². The Labute approximate surface area is 135 Å². The molecule has 2 rings (SSSR count). The number of rotatable bonds is 7. The zero-order chi connectivity index (χ0) is 15.9. The summed E-state index contributed by atoms with van der Waals surface area (Å²) in [6.45, 7) is 0.980. The molecule has 4 nitrogen and oxygen atoms in total. The lowest BCUT2D eigenvalue weighted by Crippen LogP contribution is -2.13. The van der Waals surface area contributed by atoms with Crippen LogP contribution < -0.4 is 0 Å². The predicted molar refractivity (Wildman–Crippen MR) is 90.5 cm³/mol. The first-order valence-electron chi connectivity index (χ1n) is 7.21. The Bertz CT molecular complexity index is 630. The molecule has 0 N–H and O–H groups in total. The van der Waals surface area contributed by atoms with Crippen LogP contribution in [0.4, 0.5) is 5.69 Å². The van der Waals surface area contributed by atoms with Gasteiger partial charge in [-0.25, -0.2) is 0 Å². The minimum absolute atomic E-state index is 0.191. The summed E-state index contributed by atoms with van der Waals surface area (Å²) in [6, 6.07) is 15.3. The molecule has 2 aromatic rings. The van der Waals surface area contributed by atoms with E-state index < -0.39 is 0 Å². The van der Waals surface area contributed by atoms with Gasteiger partial charge in [-0.05, 0) is 57.2 Å². The number of benzene rings is 2. The van der Waals surface area contributed by atoms with Gasteiger partial charge in [-0.3, -0.25) is 10.1 Å². The van der Waals surface area contributed by atoms with Crippen LogP contribution in [0.3, 0.4) is 0 Å². The number of hydrogen-bond donors (Lipinski definition) is 0. The third kappa shape index (κ3) is 4.86. The van der Waals surface area contributed by atoms with Gasteiger partial charge >= 0.3 is 0 Å². The van der Waals surface area contributed by atoms with E-state index in [1.165, 1.54) is 11.8 Å². The topological polar surface area (TPSA) is 46.4 Å². The van der Waals surface area contributed by atoms with E-state index in [1.54, 1.807) is 6.07 Å². The third-order valence-corrected chi connectivity index (χ3v) is 4.33. The Kier molecular flexibility index (Phi) is 5.98. The average molecular weight is 316 g/mol. The second-order valence-corrected chi connectivity index (χ2v) is 6.50. The van der Waals surface area contributed by atoms with E-state index in [2.05, 4.69) is 4.90 Å². The Morgan fingerprint density at radius 2 is 1.86 bits per heavy atom. The van der Waals surface area contributed by atoms with E-state index in [-0.39, 0.29) is 10.6 Å². The summed E-state index contributed by atoms with van der Waals surface area (Å²) in [7, 11) is 4.06. The summed E-state index contributed by atoms with van der Waals surface area (Å²) in [5, 5.41) is 11.3. The fourth-order valence-electron chi connectivity index (χ4n) is 2.16. The molecule has 0 saturated heterocycles. The largest absolute Gasteiger partial charge is 0.309 e. The number of aryl methyl sites for hydroxylation is 1. The normalized spacial score (nSPS) is 10.9. The molecule has 0 spiro atoms. The van der Waals surface area contributed by atoms with Crippen LogP contribution in [0.5, 0.6) is 0 Å². The molecule has 0 heterocycles. The van der Waals surface area contributed by atoms with Gasteiger partial charge < -0.3 is 4.90 Å². The molecule has 0 radical (unpaired) electrons. The van der Waals surface area contributed by atoms with Crippen LogP contribution in [0.15, 0.2) is 58.3 Å². The van der Waals surface area contributed by atoms with Gasteiger partial charge in [0.25, 0.3) is 5.69 Å². The van der Waals surface area contributed by atoms with E-state index in [0.29, 0.717) is 4.90 Å². The highest BCUT2D eigenvalue weighted by Crippen LogP contribution is 2.35. The minimum atomic E-state index is -0.291. The second-order valence-electron chi connectivity index (χ2n) is 5.38. The quantitative estimate of drug-likeness (QED) is 0.566. The smallest absolute Gasteiger partial charge is 0.283 e. The fourth-order valence-corrected chi connectivity index (χ4v) is 3.08. The molecule has 2 aromatic carbocycles. The second kappa shape index (κ2) is 7.96. The summed E-state index contributed by atoms with van der Waals surface area (Å²) in [5.74, 6) is 0. The van der Waals surface area contributed by atoms with Gasteiger partial charge in [0.15, 0.2) is 0 Å². The fraction of sp³-hybridized carbons (Fsp3) is 0.294. The summed E-state index contributed by atoms with van der Waals surface area (Å²) in [5.41, 5.74) is 1.21. The Hall–Kier alpha value is -1.85. The van der Waals surface area contributed by atoms with Gasteiger partial charge in [0.2, 0.25) is 0 Å². The van der Waals surface area contributed by atoms with Crippen LogP contribution in [0.2, 0.25) is 0 Å². The van der Waals surface area contributed by atoms with Gasteiger partial charge in [0.1, 0.15) is 0 Å². The van der Waals surface area contributed by atoms with Crippen molar-refractivity contribution in [3.8, 4) is 0 Å². The van der Waals surface area contributed by atoms with Gasteiger partial charge in [0.05, 0.1) is 9.82 Å². The van der Waals surface area contributed by atoms with Crippen molar-refractivity contribution in [2.24, 2.45) is 0 Å². The highest BCUT2D eigenvalue weighted by atomic mass is 32.2. The van der Waals surface area contributed by atoms with Gasteiger partial charge in [-0.15, -0.1) is 0 Å². The van der Waals surface area contributed by atoms with Crippen molar-refractivity contribution >= 4 is 17.4 Å². The monoisotopic (exact) mass is 316 g/mol. The van der Waals surface area contributed by atoms with Gasteiger partial charge in [-0.1, -0.05) is 36.0 Å². The molecule has 0 atom stereocenters. The maximum atomic E-state index is 11.3. The molecule has 0 unspecified atom stereocenters. The van der Waals surface area contributed by atoms with Crippen LogP contribution in [-0.4, -0.2) is 30.5 Å². The van der Waals surface area contributed by atoms with Crippen molar-refractivity contribution in [2.75, 3.05) is 20.6 Å². The summed E-state index contributed by atoms with van der Waals surface area (Å²) in [4.78, 5) is 14.9. The summed E-state index contributed by atoms with van der Waals surface area (Å²) >= 11 is 1.43. The minimum Gasteiger partial charge on any atom is -0.309 e. The molecule has 116 valence electrons. The van der Waals surface area contributed by atoms with Gasteiger partial charge in [0, 0.05) is 11.0 Å². The van der Waals surface area contributed by atoms with Crippen molar-refractivity contribution < 1.29 is 4.92 Å². The Morgan fingerprint density at radius 3 is 2.50 bits per heavy atom. The first-order chi connectivity index (χ1) is 10.6. The summed E-state index contributed by atoms with van der Waals surface area (Å²) in [6.07, 6.45) is 1.85. The first kappa shape index (κ1) is 16.5. The number of nitrogens with zero attached hydrogens (tertiary/aromatic N) is 2. The van der Waals surface area contributed by atoms with Crippen LogP contribution in [0.25, 0.3) is 0 Å². The lowest BCUT2D eigenvalue weighted by molar-refractivity contribution is -0.387. The zero-order valence-electron chi connectivity index (χ0n) is 12.9. The average Bonchev–Trinajstić information content (AvgIpc) is 2.49. The molecule has 0 aliphatic heterocycles. The molecular weight excluding hydrogens is 296 g/mol. The van der Waals surface area contributed by atoms with Crippen LogP contribution >= 0.6 is 11.8 Å². The number of hydrogen-bond acceptors (Lipinski definition) is 4. The first-order valence-corrected chi connectivity index (χ1v) is 8.03. The molecule has 22 heavy (non-hydrogen) atoms. The molecule has 0 fully saturated rings. The highest BCUT2D eigenvalue weighted by molar-refractivity contribution is 7.99. The lowest BCUT2D eigenvalue weighted by atomic mass is 10.1. The molecule has 0 amide bonds. The van der Waals surface area contributed by atoms with Crippen molar-refractivity contribution in [3.63, 3.8) is 0 Å². The molecule has 0 aliphatic carbocycles. The molecule has 5 heteroatoms. The van der Waals surface area contributed by atoms with Crippen molar-refractivity contribution in [2.45, 2.75) is 22.6 Å². The third-order valence-electron chi connectivity index (χ3n) is 3.26. The molecular formula is C17H20N2O2S. The predicted octanol–water partition coefficient (Wildman–Crippen LogP) is 4.24. The van der Waals surface area contributed by atoms with Crippen LogP contribution in [0.1, 0.15) is 12.0 Å². The summed E-state index contributed by atoms with van der Waals surface area (Å²) < 4.78 is 0. The van der Waals surface area contributed by atoms with Crippen LogP contribution in [0, 0.1) is 10.1 Å². The van der Waals surface area contributed by atoms with E-state index in [9.17, 15) is 10.1 Å². The standard InChI is InChI=1S/C17H20N2O2S/c1-18(2)12-6-7-14-10-11-17(16(13-14)19(20)21)22-15-8-4-3-5-9-15/h3-5,8-11,13H,6-7,12H2,1-2H3. The van der Waals surface area contributed by atoms with Gasteiger partial charge in [-0.2, -0.15) is 0 Å². The molecule has 0 bridgehead atoms. The van der Waals surface area contributed by atoms with Crippen molar-refractivity contribution in [1.82, 2.24) is 4.90 Å². The van der Waals surface area contributed by atoms with E-state index >= 15 is 0 Å². The Balaban J connectivity index is 2.15. The van der Waals surface area contributed by atoms with E-state index in [1.807, 2.05) is 56.6 Å². The number of nitro groups is 1. The number of nitro benzene ring substituents is 1. The maximum absolute atomic E-state index is 11.3. The molecule has 0 aliphatic rings. The SMILES string of the molecule is CN(C)CCCc1ccc(Sc2ccccc2)c([N+](=O)[O-])c1. The Morgan fingerprint density at radius 1 is 1.14 bits per heavy atom. The van der Waals surface area contributed by atoms with Crippen molar-refractivity contribution in [1.29, 1.82) is 0 Å². The molecule has 0 saturated carbocycles. The molecule has 0 aromatic heterocycles. The van der Waals surface area contributed by atoms with Crippen LogP contribution in [-0.2, 0) is 6.42 Å². The van der Waals surface area contributed by atoms with E-state index in [0.717, 1.165) is 29.8 Å². The van der Waals surface area contributed by atoms with E-state index in [4.69, 9.17) is 0 Å². The lowest BCUT2D eigenvalue weighted by Gasteiger charge is -2.09. The zero-order valence-corrected chi connectivity index (χ0v) is 13.7.